The third-order valence-electron chi connectivity index (χ3n) is 4.82. The molecule has 2 N–H and O–H groups in total. The molecule has 2 aromatic rings. The van der Waals surface area contributed by atoms with Gasteiger partial charge in [-0.1, -0.05) is 39.5 Å². The number of benzene rings is 2. The first-order valence-corrected chi connectivity index (χ1v) is 11.3. The molecule has 2 rings (SSSR count). The fourth-order valence-corrected chi connectivity index (χ4v) is 4.49. The molecule has 0 heterocycles. The molecule has 0 saturated carbocycles. The number of phenolic OH excluding ortho intramolecular Hbond substituents is 2. The highest BCUT2D eigenvalue weighted by molar-refractivity contribution is 7.91. The van der Waals surface area contributed by atoms with Gasteiger partial charge >= 0.3 is 0 Å². The van der Waals surface area contributed by atoms with Gasteiger partial charge in [-0.05, 0) is 73.2 Å². The van der Waals surface area contributed by atoms with Gasteiger partial charge in [0.15, 0.2) is 0 Å². The summed E-state index contributed by atoms with van der Waals surface area (Å²) in [5.74, 6) is 0.270. The number of hydrogen-bond acceptors (Lipinski definition) is 4. The molecule has 27 heavy (non-hydrogen) atoms. The van der Waals surface area contributed by atoms with Crippen molar-refractivity contribution in [1.29, 1.82) is 0 Å². The van der Waals surface area contributed by atoms with E-state index in [2.05, 4.69) is 13.8 Å². The zero-order valence-electron chi connectivity index (χ0n) is 16.2. The van der Waals surface area contributed by atoms with Crippen LogP contribution in [0.2, 0.25) is 0 Å². The molecular weight excluding hydrogens is 360 g/mol. The third kappa shape index (κ3) is 5.48. The Hall–Kier alpha value is -2.01. The summed E-state index contributed by atoms with van der Waals surface area (Å²) in [4.78, 5) is 0.356. The number of sulfone groups is 1. The van der Waals surface area contributed by atoms with E-state index in [0.29, 0.717) is 24.0 Å². The second-order valence-electron chi connectivity index (χ2n) is 7.00. The summed E-state index contributed by atoms with van der Waals surface area (Å²) < 4.78 is 26.1. The minimum absolute atomic E-state index is 0.135. The van der Waals surface area contributed by atoms with Crippen LogP contribution >= 0.6 is 0 Å². The van der Waals surface area contributed by atoms with Gasteiger partial charge in [0, 0.05) is 0 Å². The molecule has 0 aliphatic rings. The van der Waals surface area contributed by atoms with Gasteiger partial charge in [-0.25, -0.2) is 8.42 Å². The molecule has 4 nitrogen and oxygen atoms in total. The van der Waals surface area contributed by atoms with Crippen LogP contribution in [0, 0.1) is 0 Å². The van der Waals surface area contributed by atoms with Crippen LogP contribution in [0.4, 0.5) is 0 Å². The largest absolute Gasteiger partial charge is 0.508 e. The van der Waals surface area contributed by atoms with Crippen molar-refractivity contribution in [2.75, 3.05) is 0 Å². The summed E-state index contributed by atoms with van der Waals surface area (Å²) >= 11 is 0. The molecule has 0 aliphatic heterocycles. The van der Waals surface area contributed by atoms with Gasteiger partial charge in [0.1, 0.15) is 11.5 Å². The first-order chi connectivity index (χ1) is 12.9. The first kappa shape index (κ1) is 21.3. The molecule has 0 spiro atoms. The predicted molar refractivity (Wildman–Crippen MR) is 108 cm³/mol. The highest BCUT2D eigenvalue weighted by Crippen LogP contribution is 2.30. The zero-order chi connectivity index (χ0) is 19.9. The number of rotatable bonds is 10. The third-order valence-corrected chi connectivity index (χ3v) is 6.57. The molecule has 2 aromatic carbocycles. The van der Waals surface area contributed by atoms with Gasteiger partial charge < -0.3 is 10.2 Å². The van der Waals surface area contributed by atoms with E-state index in [4.69, 9.17) is 0 Å². The Bertz CT molecular complexity index is 791. The van der Waals surface area contributed by atoms with E-state index in [9.17, 15) is 18.6 Å². The lowest BCUT2D eigenvalue weighted by Crippen LogP contribution is -2.04. The van der Waals surface area contributed by atoms with E-state index >= 15 is 0 Å². The van der Waals surface area contributed by atoms with Crippen LogP contribution in [-0.4, -0.2) is 18.6 Å². The van der Waals surface area contributed by atoms with E-state index < -0.39 is 9.84 Å². The maximum atomic E-state index is 13.1. The van der Waals surface area contributed by atoms with Crippen molar-refractivity contribution in [3.8, 4) is 11.5 Å². The Kier molecular flexibility index (Phi) is 7.72. The van der Waals surface area contributed by atoms with Crippen LogP contribution < -0.4 is 0 Å². The van der Waals surface area contributed by atoms with E-state index in [1.165, 1.54) is 24.3 Å². The number of aromatic hydroxyl groups is 2. The molecule has 0 radical (unpaired) electrons. The minimum atomic E-state index is -3.70. The van der Waals surface area contributed by atoms with Crippen molar-refractivity contribution >= 4 is 9.84 Å². The monoisotopic (exact) mass is 390 g/mol. The van der Waals surface area contributed by atoms with Crippen molar-refractivity contribution in [2.45, 2.75) is 75.0 Å². The van der Waals surface area contributed by atoms with Crippen LogP contribution in [0.15, 0.2) is 46.2 Å². The second-order valence-corrected chi connectivity index (χ2v) is 8.95. The van der Waals surface area contributed by atoms with Gasteiger partial charge in [-0.2, -0.15) is 0 Å². The smallest absolute Gasteiger partial charge is 0.206 e. The van der Waals surface area contributed by atoms with Crippen LogP contribution in [-0.2, 0) is 22.7 Å². The second kappa shape index (κ2) is 9.79. The molecule has 0 atom stereocenters. The van der Waals surface area contributed by atoms with E-state index in [-0.39, 0.29) is 21.3 Å². The van der Waals surface area contributed by atoms with E-state index in [1.807, 2.05) is 0 Å². The molecule has 0 unspecified atom stereocenters. The first-order valence-electron chi connectivity index (χ1n) is 9.79. The minimum Gasteiger partial charge on any atom is -0.508 e. The Balaban J connectivity index is 2.32. The standard InChI is InChI=1S/C22H30O4S/c1-3-5-7-9-17-15-19(11-13-21(17)23)27(25,26)20-12-14-22(24)18(16-20)10-8-6-4-2/h11-16,23-24H,3-10H2,1-2H3. The summed E-state index contributed by atoms with van der Waals surface area (Å²) in [6.07, 6.45) is 7.33. The highest BCUT2D eigenvalue weighted by atomic mass is 32.2. The van der Waals surface area contributed by atoms with Crippen molar-refractivity contribution in [1.82, 2.24) is 0 Å². The van der Waals surface area contributed by atoms with Gasteiger partial charge in [0.05, 0.1) is 9.79 Å². The lowest BCUT2D eigenvalue weighted by molar-refractivity contribution is 0.465. The Morgan fingerprint density at radius 2 is 1.11 bits per heavy atom. The topological polar surface area (TPSA) is 74.6 Å². The van der Waals surface area contributed by atoms with Crippen molar-refractivity contribution in [3.05, 3.63) is 47.5 Å². The van der Waals surface area contributed by atoms with Crippen molar-refractivity contribution in [3.63, 3.8) is 0 Å². The molecule has 0 amide bonds. The maximum Gasteiger partial charge on any atom is 0.206 e. The van der Waals surface area contributed by atoms with Crippen molar-refractivity contribution < 1.29 is 18.6 Å². The normalized spacial score (nSPS) is 11.6. The number of aryl methyl sites for hydroxylation is 2. The van der Waals surface area contributed by atoms with Gasteiger partial charge in [0.2, 0.25) is 9.84 Å². The van der Waals surface area contributed by atoms with Gasteiger partial charge in [-0.3, -0.25) is 0 Å². The summed E-state index contributed by atoms with van der Waals surface area (Å²) in [6, 6.07) is 8.94. The van der Waals surface area contributed by atoms with Gasteiger partial charge in [0.25, 0.3) is 0 Å². The van der Waals surface area contributed by atoms with Crippen LogP contribution in [0.25, 0.3) is 0 Å². The lowest BCUT2D eigenvalue weighted by atomic mass is 10.1. The average molecular weight is 391 g/mol. The summed E-state index contributed by atoms with van der Waals surface area (Å²) in [6.45, 7) is 4.20. The summed E-state index contributed by atoms with van der Waals surface area (Å²) in [7, 11) is -3.70. The Morgan fingerprint density at radius 3 is 1.48 bits per heavy atom. The fraction of sp³-hybridized carbons (Fsp3) is 0.455. The average Bonchev–Trinajstić information content (AvgIpc) is 2.65. The SMILES string of the molecule is CCCCCc1cc(S(=O)(=O)c2ccc(O)c(CCCCC)c2)ccc1O. The predicted octanol–water partition coefficient (Wildman–Crippen LogP) is 5.40. The van der Waals surface area contributed by atoms with Gasteiger partial charge in [-0.15, -0.1) is 0 Å². The number of phenols is 2. The van der Waals surface area contributed by atoms with Crippen LogP contribution in [0.5, 0.6) is 11.5 Å². The molecule has 5 heteroatoms. The molecule has 0 saturated heterocycles. The highest BCUT2D eigenvalue weighted by Gasteiger charge is 2.20. The fourth-order valence-electron chi connectivity index (χ4n) is 3.13. The molecule has 0 aromatic heterocycles. The van der Waals surface area contributed by atoms with Crippen molar-refractivity contribution in [2.24, 2.45) is 0 Å². The Labute approximate surface area is 162 Å². The molecule has 0 aliphatic carbocycles. The van der Waals surface area contributed by atoms with E-state index in [1.54, 1.807) is 12.1 Å². The van der Waals surface area contributed by atoms with Crippen LogP contribution in [0.1, 0.15) is 63.5 Å². The Morgan fingerprint density at radius 1 is 0.704 bits per heavy atom. The maximum absolute atomic E-state index is 13.1. The number of hydrogen-bond donors (Lipinski definition) is 2. The summed E-state index contributed by atoms with van der Waals surface area (Å²) in [5, 5.41) is 20.1. The summed E-state index contributed by atoms with van der Waals surface area (Å²) in [5.41, 5.74) is 1.32. The van der Waals surface area contributed by atoms with E-state index in [0.717, 1.165) is 38.5 Å². The molecule has 0 fully saturated rings. The molecular formula is C22H30O4S. The molecule has 148 valence electrons. The number of unbranched alkanes of at least 4 members (excludes halogenated alkanes) is 4. The van der Waals surface area contributed by atoms with Crippen LogP contribution in [0.3, 0.4) is 0 Å². The zero-order valence-corrected chi connectivity index (χ0v) is 17.1. The lowest BCUT2D eigenvalue weighted by Gasteiger charge is -2.11. The molecule has 0 bridgehead atoms. The quantitative estimate of drug-likeness (QED) is 0.533.